The highest BCUT2D eigenvalue weighted by Gasteiger charge is 2.14. The molecular weight excluding hydrogens is 306 g/mol. The highest BCUT2D eigenvalue weighted by molar-refractivity contribution is 6.27. The highest BCUT2D eigenvalue weighted by atomic mass is 35.5. The average molecular weight is 330 g/mol. The highest BCUT2D eigenvalue weighted by Crippen LogP contribution is 2.16. The molecule has 0 saturated carbocycles. The summed E-state index contributed by atoms with van der Waals surface area (Å²) in [6, 6.07) is 0. The van der Waals surface area contributed by atoms with Crippen molar-refractivity contribution in [2.75, 3.05) is 47.3 Å². The quantitative estimate of drug-likeness (QED) is 0.520. The van der Waals surface area contributed by atoms with Crippen LogP contribution in [0.2, 0.25) is 0 Å². The molecule has 0 bridgehead atoms. The summed E-state index contributed by atoms with van der Waals surface area (Å²) in [6.07, 6.45) is 0. The van der Waals surface area contributed by atoms with Crippen molar-refractivity contribution in [3.8, 4) is 0 Å². The van der Waals surface area contributed by atoms with E-state index in [4.69, 9.17) is 11.6 Å². The Morgan fingerprint density at radius 3 is 1.77 bits per heavy atom. The fourth-order valence-electron chi connectivity index (χ4n) is 1.86. The second-order valence-corrected chi connectivity index (χ2v) is 4.68. The Kier molecular flexibility index (Phi) is 7.65. The Balaban J connectivity index is 3.10. The summed E-state index contributed by atoms with van der Waals surface area (Å²) in [6.45, 7) is 11.3. The fraction of sp³-hybridized carbons (Fsp3) is 0.692. The van der Waals surface area contributed by atoms with E-state index in [1.54, 1.807) is 0 Å². The van der Waals surface area contributed by atoms with Crippen LogP contribution in [0.4, 0.5) is 17.8 Å². The van der Waals surface area contributed by atoms with Crippen molar-refractivity contribution in [2.24, 2.45) is 0 Å². The number of aromatic nitrogens is 3. The first-order valence-corrected chi connectivity index (χ1v) is 7.99. The number of nitrogens with one attached hydrogen (secondary N) is 2. The Hall–Kier alpha value is -1.83. The number of hydrogen-bond acceptors (Lipinski definition) is 7. The average Bonchev–Trinajstić information content (AvgIpc) is 2.55. The van der Waals surface area contributed by atoms with Gasteiger partial charge in [-0.1, -0.05) is 0 Å². The molecule has 22 heavy (non-hydrogen) atoms. The zero-order valence-electron chi connectivity index (χ0n) is 13.6. The van der Waals surface area contributed by atoms with Crippen molar-refractivity contribution in [3.63, 3.8) is 0 Å². The molecule has 8 nitrogen and oxygen atoms in total. The van der Waals surface area contributed by atoms with Crippen LogP contribution in [-0.4, -0.2) is 52.9 Å². The third-order valence-electron chi connectivity index (χ3n) is 3.14. The standard InChI is InChI=1S/C13H24ClN7O/c1-5-20(6-2)12-15-11(19-18-10(22)9-14)16-13(17-12)21(7-3)8-4/h5-9H2,1-4H3,(H,18,22)(H,15,16,17,19). The number of anilines is 3. The van der Waals surface area contributed by atoms with Crippen LogP contribution in [0.5, 0.6) is 0 Å². The van der Waals surface area contributed by atoms with Gasteiger partial charge >= 0.3 is 0 Å². The number of amides is 1. The Morgan fingerprint density at radius 2 is 1.41 bits per heavy atom. The SMILES string of the molecule is CCN(CC)c1nc(NNC(=O)CCl)nc(N(CC)CC)n1. The van der Waals surface area contributed by atoms with Crippen molar-refractivity contribution in [1.29, 1.82) is 0 Å². The molecule has 0 spiro atoms. The Labute approximate surface area is 136 Å². The van der Waals surface area contributed by atoms with Gasteiger partial charge in [0.05, 0.1) is 0 Å². The molecule has 0 radical (unpaired) electrons. The summed E-state index contributed by atoms with van der Waals surface area (Å²) in [7, 11) is 0. The first kappa shape index (κ1) is 18.2. The largest absolute Gasteiger partial charge is 0.341 e. The summed E-state index contributed by atoms with van der Waals surface area (Å²) < 4.78 is 0. The second kappa shape index (κ2) is 9.24. The van der Waals surface area contributed by atoms with E-state index >= 15 is 0 Å². The predicted molar refractivity (Wildman–Crippen MR) is 89.4 cm³/mol. The Bertz CT molecular complexity index is 447. The number of hydrogen-bond donors (Lipinski definition) is 2. The molecule has 1 amide bonds. The molecule has 1 aromatic heterocycles. The lowest BCUT2D eigenvalue weighted by Gasteiger charge is -2.23. The molecule has 0 aliphatic heterocycles. The summed E-state index contributed by atoms with van der Waals surface area (Å²) in [5.74, 6) is 0.950. The molecule has 1 rings (SSSR count). The van der Waals surface area contributed by atoms with E-state index in [0.717, 1.165) is 26.2 Å². The monoisotopic (exact) mass is 329 g/mol. The molecule has 9 heteroatoms. The molecule has 1 aromatic rings. The molecule has 124 valence electrons. The van der Waals surface area contributed by atoms with Crippen LogP contribution in [-0.2, 0) is 4.79 Å². The normalized spacial score (nSPS) is 10.2. The van der Waals surface area contributed by atoms with Crippen LogP contribution in [0.3, 0.4) is 0 Å². The molecule has 0 aromatic carbocycles. The lowest BCUT2D eigenvalue weighted by molar-refractivity contribution is -0.118. The number of carbonyl (C=O) groups is 1. The van der Waals surface area contributed by atoms with Gasteiger partial charge in [-0.25, -0.2) is 0 Å². The van der Waals surface area contributed by atoms with Crippen molar-refractivity contribution in [3.05, 3.63) is 0 Å². The van der Waals surface area contributed by atoms with Gasteiger partial charge < -0.3 is 9.80 Å². The molecule has 0 aliphatic rings. The van der Waals surface area contributed by atoms with E-state index in [9.17, 15) is 4.79 Å². The van der Waals surface area contributed by atoms with E-state index in [1.165, 1.54) is 0 Å². The number of rotatable bonds is 9. The van der Waals surface area contributed by atoms with Crippen molar-refractivity contribution in [2.45, 2.75) is 27.7 Å². The zero-order valence-corrected chi connectivity index (χ0v) is 14.3. The lowest BCUT2D eigenvalue weighted by Crippen LogP contribution is -2.33. The number of alkyl halides is 1. The van der Waals surface area contributed by atoms with E-state index in [0.29, 0.717) is 11.9 Å². The van der Waals surface area contributed by atoms with Gasteiger partial charge in [-0.2, -0.15) is 15.0 Å². The van der Waals surface area contributed by atoms with Crippen molar-refractivity contribution in [1.82, 2.24) is 20.4 Å². The van der Waals surface area contributed by atoms with Gasteiger partial charge in [0.2, 0.25) is 17.8 Å². The molecule has 2 N–H and O–H groups in total. The van der Waals surface area contributed by atoms with Crippen LogP contribution >= 0.6 is 11.6 Å². The topological polar surface area (TPSA) is 86.3 Å². The third kappa shape index (κ3) is 4.87. The van der Waals surface area contributed by atoms with Crippen LogP contribution in [0.1, 0.15) is 27.7 Å². The lowest BCUT2D eigenvalue weighted by atomic mass is 10.5. The minimum absolute atomic E-state index is 0.135. The number of nitrogens with zero attached hydrogens (tertiary/aromatic N) is 5. The molecule has 0 aliphatic carbocycles. The predicted octanol–water partition coefficient (Wildman–Crippen LogP) is 1.25. The van der Waals surface area contributed by atoms with Crippen LogP contribution in [0, 0.1) is 0 Å². The third-order valence-corrected chi connectivity index (χ3v) is 3.38. The maximum atomic E-state index is 11.2. The van der Waals surface area contributed by atoms with Crippen LogP contribution < -0.4 is 20.7 Å². The van der Waals surface area contributed by atoms with E-state index in [-0.39, 0.29) is 17.7 Å². The maximum absolute atomic E-state index is 11.2. The molecule has 1 heterocycles. The summed E-state index contributed by atoms with van der Waals surface area (Å²) in [5.41, 5.74) is 5.12. The van der Waals surface area contributed by atoms with Crippen molar-refractivity contribution < 1.29 is 4.79 Å². The maximum Gasteiger partial charge on any atom is 0.253 e. The van der Waals surface area contributed by atoms with Gasteiger partial charge in [0, 0.05) is 26.2 Å². The summed E-state index contributed by atoms with van der Waals surface area (Å²) >= 11 is 5.45. The van der Waals surface area contributed by atoms with Crippen LogP contribution in [0.15, 0.2) is 0 Å². The summed E-state index contributed by atoms with van der Waals surface area (Å²) in [4.78, 5) is 28.5. The smallest absolute Gasteiger partial charge is 0.253 e. The van der Waals surface area contributed by atoms with E-state index in [1.807, 2.05) is 37.5 Å². The Morgan fingerprint density at radius 1 is 0.955 bits per heavy atom. The van der Waals surface area contributed by atoms with Crippen LogP contribution in [0.25, 0.3) is 0 Å². The number of hydrazine groups is 1. The van der Waals surface area contributed by atoms with Gasteiger partial charge in [0.1, 0.15) is 5.88 Å². The van der Waals surface area contributed by atoms with Gasteiger partial charge in [0.25, 0.3) is 5.91 Å². The van der Waals surface area contributed by atoms with E-state index in [2.05, 4.69) is 25.8 Å². The fourth-order valence-corrected chi connectivity index (χ4v) is 1.93. The van der Waals surface area contributed by atoms with Crippen molar-refractivity contribution >= 4 is 35.4 Å². The molecule has 0 fully saturated rings. The minimum Gasteiger partial charge on any atom is -0.341 e. The number of halogens is 1. The van der Waals surface area contributed by atoms with Gasteiger partial charge in [-0.3, -0.25) is 15.6 Å². The van der Waals surface area contributed by atoms with Gasteiger partial charge in [-0.15, -0.1) is 11.6 Å². The molecule has 0 saturated heterocycles. The van der Waals surface area contributed by atoms with E-state index < -0.39 is 0 Å². The molecule has 0 atom stereocenters. The zero-order chi connectivity index (χ0) is 16.5. The first-order valence-electron chi connectivity index (χ1n) is 7.46. The van der Waals surface area contributed by atoms with Gasteiger partial charge in [0.15, 0.2) is 0 Å². The first-order chi connectivity index (χ1) is 10.6. The molecular formula is C13H24ClN7O. The molecule has 0 unspecified atom stereocenters. The van der Waals surface area contributed by atoms with Gasteiger partial charge in [-0.05, 0) is 27.7 Å². The second-order valence-electron chi connectivity index (χ2n) is 4.41. The number of carbonyl (C=O) groups excluding carboxylic acids is 1. The summed E-state index contributed by atoms with van der Waals surface area (Å²) in [5, 5.41) is 0. The minimum atomic E-state index is -0.351.